The Morgan fingerprint density at radius 2 is 2.06 bits per heavy atom. The van der Waals surface area contributed by atoms with Gasteiger partial charge in [0.15, 0.2) is 0 Å². The predicted octanol–water partition coefficient (Wildman–Crippen LogP) is 0.308. The molecule has 7 heteroatoms. The lowest BCUT2D eigenvalue weighted by atomic mass is 10.2. The number of carbonyl (C=O) groups excluding carboxylic acids is 1. The first-order chi connectivity index (χ1) is 7.91. The average Bonchev–Trinajstić information content (AvgIpc) is 2.21. The van der Waals surface area contributed by atoms with Crippen LogP contribution in [0.3, 0.4) is 0 Å². The molecule has 0 heterocycles. The molecule has 0 spiro atoms. The molecule has 2 atom stereocenters. The van der Waals surface area contributed by atoms with Gasteiger partial charge in [-0.2, -0.15) is 0 Å². The lowest BCUT2D eigenvalue weighted by molar-refractivity contribution is -0.137. The number of nitrogens with one attached hydrogen (secondary N) is 2. The topological polar surface area (TPSA) is 95.5 Å². The minimum absolute atomic E-state index is 0.0380. The number of urea groups is 1. The molecule has 0 bridgehead atoms. The summed E-state index contributed by atoms with van der Waals surface area (Å²) in [6.07, 6.45) is 2.73. The monoisotopic (exact) mass is 264 g/mol. The Balaban J connectivity index is 3.57. The molecule has 0 aromatic heterocycles. The highest BCUT2D eigenvalue weighted by molar-refractivity contribution is 7.84. The Hall–Kier alpha value is -1.11. The van der Waals surface area contributed by atoms with Gasteiger partial charge in [0, 0.05) is 41.8 Å². The lowest BCUT2D eigenvalue weighted by Crippen LogP contribution is -2.41. The fraction of sp³-hybridized carbons (Fsp3) is 0.800. The number of rotatable bonds is 8. The van der Waals surface area contributed by atoms with Gasteiger partial charge in [-0.25, -0.2) is 4.79 Å². The Morgan fingerprint density at radius 3 is 2.59 bits per heavy atom. The first-order valence-corrected chi connectivity index (χ1v) is 7.20. The van der Waals surface area contributed by atoms with Gasteiger partial charge in [0.2, 0.25) is 0 Å². The van der Waals surface area contributed by atoms with Crippen LogP contribution in [-0.4, -0.2) is 45.9 Å². The molecule has 2 amide bonds. The van der Waals surface area contributed by atoms with E-state index >= 15 is 0 Å². The van der Waals surface area contributed by atoms with Gasteiger partial charge in [0.25, 0.3) is 0 Å². The summed E-state index contributed by atoms with van der Waals surface area (Å²) in [6.45, 7) is 2.22. The van der Waals surface area contributed by atoms with Crippen LogP contribution in [0.4, 0.5) is 4.79 Å². The molecule has 0 fully saturated rings. The minimum atomic E-state index is -0.871. The van der Waals surface area contributed by atoms with Crippen molar-refractivity contribution in [3.05, 3.63) is 0 Å². The number of carbonyl (C=O) groups is 2. The number of hydrogen-bond donors (Lipinski definition) is 3. The van der Waals surface area contributed by atoms with E-state index in [1.54, 1.807) is 13.2 Å². The van der Waals surface area contributed by atoms with Gasteiger partial charge in [-0.1, -0.05) is 0 Å². The summed E-state index contributed by atoms with van der Waals surface area (Å²) in [6, 6.07) is -0.490. The normalized spacial score (nSPS) is 13.8. The van der Waals surface area contributed by atoms with Crippen molar-refractivity contribution in [1.29, 1.82) is 0 Å². The zero-order valence-electron chi connectivity index (χ0n) is 10.2. The molecule has 0 aliphatic carbocycles. The van der Waals surface area contributed by atoms with Crippen LogP contribution in [0.25, 0.3) is 0 Å². The molecule has 2 unspecified atom stereocenters. The maximum atomic E-state index is 11.3. The van der Waals surface area contributed by atoms with Crippen molar-refractivity contribution < 1.29 is 18.9 Å². The summed E-state index contributed by atoms with van der Waals surface area (Å²) < 4.78 is 10.7. The standard InChI is InChI=1S/C10H20N2O4S/c1-8(4-5-9(13)14)12-10(15)11-6-3-7-17(2)16/h8H,3-7H2,1-2H3,(H,13,14)(H2,11,12,15). The molecule has 0 saturated heterocycles. The molecule has 0 radical (unpaired) electrons. The summed E-state index contributed by atoms with van der Waals surface area (Å²) in [5.74, 6) is -0.307. The second kappa shape index (κ2) is 8.98. The number of hydrogen-bond acceptors (Lipinski definition) is 3. The third-order valence-corrected chi connectivity index (χ3v) is 2.93. The fourth-order valence-electron chi connectivity index (χ4n) is 1.16. The average molecular weight is 264 g/mol. The highest BCUT2D eigenvalue weighted by atomic mass is 32.2. The van der Waals surface area contributed by atoms with Gasteiger partial charge < -0.3 is 15.7 Å². The maximum absolute atomic E-state index is 11.3. The van der Waals surface area contributed by atoms with Crippen LogP contribution in [0, 0.1) is 0 Å². The minimum Gasteiger partial charge on any atom is -0.481 e. The SMILES string of the molecule is CC(CCC(=O)O)NC(=O)NCCCS(C)=O. The van der Waals surface area contributed by atoms with E-state index in [2.05, 4.69) is 10.6 Å². The van der Waals surface area contributed by atoms with E-state index < -0.39 is 16.8 Å². The number of carboxylic acids is 1. The highest BCUT2D eigenvalue weighted by Crippen LogP contribution is 1.95. The van der Waals surface area contributed by atoms with Crippen LogP contribution in [0.15, 0.2) is 0 Å². The summed E-state index contributed by atoms with van der Waals surface area (Å²) in [7, 11) is -0.836. The van der Waals surface area contributed by atoms with Gasteiger partial charge in [0.1, 0.15) is 0 Å². The molecule has 0 aliphatic rings. The van der Waals surface area contributed by atoms with E-state index in [1.807, 2.05) is 0 Å². The van der Waals surface area contributed by atoms with E-state index in [1.165, 1.54) is 0 Å². The van der Waals surface area contributed by atoms with E-state index in [4.69, 9.17) is 5.11 Å². The zero-order chi connectivity index (χ0) is 13.3. The number of carboxylic acid groups (broad SMARTS) is 1. The van der Waals surface area contributed by atoms with Crippen LogP contribution in [0.1, 0.15) is 26.2 Å². The first-order valence-electron chi connectivity index (χ1n) is 5.48. The smallest absolute Gasteiger partial charge is 0.314 e. The molecule has 0 aromatic rings. The summed E-state index contributed by atoms with van der Waals surface area (Å²) in [5, 5.41) is 13.7. The van der Waals surface area contributed by atoms with E-state index in [9.17, 15) is 13.8 Å². The largest absolute Gasteiger partial charge is 0.481 e. The Kier molecular flexibility index (Phi) is 8.39. The van der Waals surface area contributed by atoms with E-state index in [0.29, 0.717) is 25.1 Å². The second-order valence-corrected chi connectivity index (χ2v) is 5.42. The molecule has 0 saturated carbocycles. The third kappa shape index (κ3) is 11.2. The quantitative estimate of drug-likeness (QED) is 0.550. The number of amides is 2. The summed E-state index contributed by atoms with van der Waals surface area (Å²) in [4.78, 5) is 21.6. The fourth-order valence-corrected chi connectivity index (χ4v) is 1.72. The molecular weight excluding hydrogens is 244 g/mol. The van der Waals surface area contributed by atoms with Crippen molar-refractivity contribution >= 4 is 22.8 Å². The Labute approximate surface area is 104 Å². The van der Waals surface area contributed by atoms with Crippen molar-refractivity contribution in [3.8, 4) is 0 Å². The van der Waals surface area contributed by atoms with E-state index in [0.717, 1.165) is 0 Å². The van der Waals surface area contributed by atoms with Crippen LogP contribution >= 0.6 is 0 Å². The molecule has 0 aromatic carbocycles. The highest BCUT2D eigenvalue weighted by Gasteiger charge is 2.08. The van der Waals surface area contributed by atoms with Gasteiger partial charge in [0.05, 0.1) is 0 Å². The molecule has 0 rings (SSSR count). The molecule has 6 nitrogen and oxygen atoms in total. The van der Waals surface area contributed by atoms with Crippen molar-refractivity contribution in [2.24, 2.45) is 0 Å². The Morgan fingerprint density at radius 1 is 1.41 bits per heavy atom. The Bertz CT molecular complexity index is 283. The van der Waals surface area contributed by atoms with Crippen molar-refractivity contribution in [2.45, 2.75) is 32.2 Å². The first kappa shape index (κ1) is 15.9. The molecule has 100 valence electrons. The molecule has 0 aliphatic heterocycles. The van der Waals surface area contributed by atoms with Gasteiger partial charge >= 0.3 is 12.0 Å². The van der Waals surface area contributed by atoms with Crippen LogP contribution in [0.5, 0.6) is 0 Å². The van der Waals surface area contributed by atoms with Gasteiger partial charge in [-0.15, -0.1) is 0 Å². The van der Waals surface area contributed by atoms with Gasteiger partial charge in [-0.05, 0) is 19.8 Å². The van der Waals surface area contributed by atoms with Crippen molar-refractivity contribution in [2.75, 3.05) is 18.6 Å². The van der Waals surface area contributed by atoms with E-state index in [-0.39, 0.29) is 18.5 Å². The molecule has 3 N–H and O–H groups in total. The molecular formula is C10H20N2O4S. The second-order valence-electron chi connectivity index (χ2n) is 3.86. The van der Waals surface area contributed by atoms with Crippen molar-refractivity contribution in [1.82, 2.24) is 10.6 Å². The third-order valence-electron chi connectivity index (χ3n) is 2.06. The van der Waals surface area contributed by atoms with Crippen LogP contribution in [-0.2, 0) is 15.6 Å². The van der Waals surface area contributed by atoms with Crippen molar-refractivity contribution in [3.63, 3.8) is 0 Å². The van der Waals surface area contributed by atoms with Crippen LogP contribution < -0.4 is 10.6 Å². The predicted molar refractivity (Wildman–Crippen MR) is 66.4 cm³/mol. The van der Waals surface area contributed by atoms with Gasteiger partial charge in [-0.3, -0.25) is 9.00 Å². The summed E-state index contributed by atoms with van der Waals surface area (Å²) >= 11 is 0. The maximum Gasteiger partial charge on any atom is 0.314 e. The summed E-state index contributed by atoms with van der Waals surface area (Å²) in [5.41, 5.74) is 0. The zero-order valence-corrected chi connectivity index (χ0v) is 11.0. The van der Waals surface area contributed by atoms with Crippen LogP contribution in [0.2, 0.25) is 0 Å². The number of aliphatic carboxylic acids is 1. The molecule has 17 heavy (non-hydrogen) atoms. The lowest BCUT2D eigenvalue weighted by Gasteiger charge is -2.13.